The Bertz CT molecular complexity index is 558. The number of aromatic nitrogens is 1. The number of nitrogens with one attached hydrogen (secondary N) is 1. The van der Waals surface area contributed by atoms with E-state index in [1.807, 2.05) is 31.2 Å². The van der Waals surface area contributed by atoms with Crippen LogP contribution in [0.3, 0.4) is 0 Å². The number of anilines is 1. The second kappa shape index (κ2) is 5.93. The number of aromatic hydroxyl groups is 1. The topological polar surface area (TPSA) is 54.4 Å². The summed E-state index contributed by atoms with van der Waals surface area (Å²) >= 11 is 3.29. The Labute approximate surface area is 120 Å². The number of pyridine rings is 1. The summed E-state index contributed by atoms with van der Waals surface area (Å²) in [6.45, 7) is 1.98. The minimum absolute atomic E-state index is 0.0334. The molecule has 4 nitrogen and oxygen atoms in total. The van der Waals surface area contributed by atoms with E-state index in [0.717, 1.165) is 15.9 Å². The highest BCUT2D eigenvalue weighted by Gasteiger charge is 2.11. The molecule has 0 saturated heterocycles. The van der Waals surface area contributed by atoms with Gasteiger partial charge in [0.2, 0.25) is 0 Å². The van der Waals surface area contributed by atoms with Gasteiger partial charge in [0.15, 0.2) is 0 Å². The normalized spacial score (nSPS) is 11.9. The third kappa shape index (κ3) is 3.38. The molecule has 5 heteroatoms. The Hall–Kier alpha value is -1.75. The summed E-state index contributed by atoms with van der Waals surface area (Å²) in [5.41, 5.74) is 1.70. The first-order valence-corrected chi connectivity index (χ1v) is 6.64. The minimum atomic E-state index is -0.0334. The molecule has 1 aromatic carbocycles. The van der Waals surface area contributed by atoms with E-state index in [4.69, 9.17) is 4.74 Å². The van der Waals surface area contributed by atoms with E-state index in [0.29, 0.717) is 5.75 Å². The lowest BCUT2D eigenvalue weighted by Gasteiger charge is -2.17. The van der Waals surface area contributed by atoms with Crippen molar-refractivity contribution in [3.8, 4) is 11.5 Å². The summed E-state index contributed by atoms with van der Waals surface area (Å²) in [5.74, 6) is 0.850. The van der Waals surface area contributed by atoms with Gasteiger partial charge in [-0.15, -0.1) is 0 Å². The molecule has 2 rings (SSSR count). The van der Waals surface area contributed by atoms with Crippen molar-refractivity contribution in [2.24, 2.45) is 0 Å². The van der Waals surface area contributed by atoms with Crippen LogP contribution in [0.1, 0.15) is 18.5 Å². The molecule has 0 aliphatic rings. The molecule has 2 aromatic rings. The molecule has 0 spiro atoms. The fourth-order valence-electron chi connectivity index (χ4n) is 1.81. The van der Waals surface area contributed by atoms with Gasteiger partial charge in [0.25, 0.3) is 0 Å². The van der Waals surface area contributed by atoms with Crippen LogP contribution in [0.5, 0.6) is 11.5 Å². The summed E-state index contributed by atoms with van der Waals surface area (Å²) in [7, 11) is 1.57. The first-order valence-electron chi connectivity index (χ1n) is 5.85. The lowest BCUT2D eigenvalue weighted by molar-refractivity contribution is 0.406. The molecule has 0 bridgehead atoms. The maximum Gasteiger partial charge on any atom is 0.124 e. The molecule has 0 radical (unpaired) electrons. The van der Waals surface area contributed by atoms with Gasteiger partial charge in [-0.1, -0.05) is 0 Å². The van der Waals surface area contributed by atoms with Crippen LogP contribution in [-0.2, 0) is 0 Å². The monoisotopic (exact) mass is 322 g/mol. The van der Waals surface area contributed by atoms with Crippen molar-refractivity contribution in [3.63, 3.8) is 0 Å². The quantitative estimate of drug-likeness (QED) is 0.842. The predicted octanol–water partition coefficient (Wildman–Crippen LogP) is 3.73. The zero-order valence-electron chi connectivity index (χ0n) is 10.7. The standard InChI is InChI=1S/C14H15BrN2O2/c1-9(17-10-3-6-14(15)16-8-10)12-5-4-11(19-2)7-13(12)18/h3-9,17-18H,1-2H3. The Morgan fingerprint density at radius 3 is 2.68 bits per heavy atom. The van der Waals surface area contributed by atoms with Crippen molar-refractivity contribution in [2.45, 2.75) is 13.0 Å². The van der Waals surface area contributed by atoms with Crippen LogP contribution in [0, 0.1) is 0 Å². The van der Waals surface area contributed by atoms with E-state index in [1.54, 1.807) is 19.4 Å². The van der Waals surface area contributed by atoms with Gasteiger partial charge in [-0.2, -0.15) is 0 Å². The van der Waals surface area contributed by atoms with Crippen LogP contribution in [0.25, 0.3) is 0 Å². The molecule has 0 aliphatic heterocycles. The van der Waals surface area contributed by atoms with E-state index in [-0.39, 0.29) is 11.8 Å². The molecule has 0 saturated carbocycles. The summed E-state index contributed by atoms with van der Waals surface area (Å²) in [6.07, 6.45) is 1.74. The Morgan fingerprint density at radius 2 is 2.11 bits per heavy atom. The SMILES string of the molecule is COc1ccc(C(C)Nc2ccc(Br)nc2)c(O)c1. The second-order valence-electron chi connectivity index (χ2n) is 4.16. The number of ether oxygens (including phenoxy) is 1. The number of methoxy groups -OCH3 is 1. The number of benzene rings is 1. The van der Waals surface area contributed by atoms with Crippen LogP contribution in [0.15, 0.2) is 41.1 Å². The number of hydrogen-bond acceptors (Lipinski definition) is 4. The lowest BCUT2D eigenvalue weighted by Crippen LogP contribution is -2.07. The summed E-state index contributed by atoms with van der Waals surface area (Å²) < 4.78 is 5.86. The molecule has 0 aliphatic carbocycles. The van der Waals surface area contributed by atoms with Crippen molar-refractivity contribution >= 4 is 21.6 Å². The predicted molar refractivity (Wildman–Crippen MR) is 78.6 cm³/mol. The first-order chi connectivity index (χ1) is 9.10. The van der Waals surface area contributed by atoms with Gasteiger partial charge >= 0.3 is 0 Å². The fourth-order valence-corrected chi connectivity index (χ4v) is 2.04. The summed E-state index contributed by atoms with van der Waals surface area (Å²) in [5, 5.41) is 13.3. The Kier molecular flexibility index (Phi) is 4.27. The van der Waals surface area contributed by atoms with Crippen molar-refractivity contribution in [2.75, 3.05) is 12.4 Å². The number of phenolic OH excluding ortho intramolecular Hbond substituents is 1. The molecule has 2 N–H and O–H groups in total. The third-order valence-electron chi connectivity index (χ3n) is 2.81. The smallest absolute Gasteiger partial charge is 0.124 e. The van der Waals surface area contributed by atoms with Crippen LogP contribution in [-0.4, -0.2) is 17.2 Å². The second-order valence-corrected chi connectivity index (χ2v) is 4.97. The number of nitrogens with zero attached hydrogens (tertiary/aromatic N) is 1. The summed E-state index contributed by atoms with van der Waals surface area (Å²) in [6, 6.07) is 9.03. The highest BCUT2D eigenvalue weighted by molar-refractivity contribution is 9.10. The van der Waals surface area contributed by atoms with Crippen molar-refractivity contribution in [1.29, 1.82) is 0 Å². The van der Waals surface area contributed by atoms with E-state index >= 15 is 0 Å². The molecule has 19 heavy (non-hydrogen) atoms. The molecule has 1 unspecified atom stereocenters. The van der Waals surface area contributed by atoms with Gasteiger partial charge in [-0.3, -0.25) is 0 Å². The molecular formula is C14H15BrN2O2. The molecule has 1 aromatic heterocycles. The Balaban J connectivity index is 2.15. The van der Waals surface area contributed by atoms with Crippen LogP contribution in [0.4, 0.5) is 5.69 Å². The van der Waals surface area contributed by atoms with E-state index < -0.39 is 0 Å². The summed E-state index contributed by atoms with van der Waals surface area (Å²) in [4.78, 5) is 4.15. The molecule has 1 atom stereocenters. The van der Waals surface area contributed by atoms with Crippen molar-refractivity contribution in [3.05, 3.63) is 46.7 Å². The lowest BCUT2D eigenvalue weighted by atomic mass is 10.1. The maximum absolute atomic E-state index is 9.97. The van der Waals surface area contributed by atoms with E-state index in [2.05, 4.69) is 26.2 Å². The van der Waals surface area contributed by atoms with Crippen LogP contribution < -0.4 is 10.1 Å². The van der Waals surface area contributed by atoms with Gasteiger partial charge in [-0.05, 0) is 47.1 Å². The molecule has 100 valence electrons. The maximum atomic E-state index is 9.97. The van der Waals surface area contributed by atoms with E-state index in [1.165, 1.54) is 0 Å². The van der Waals surface area contributed by atoms with Gasteiger partial charge in [0, 0.05) is 11.6 Å². The number of halogens is 1. The third-order valence-corrected chi connectivity index (χ3v) is 3.28. The van der Waals surface area contributed by atoms with Gasteiger partial charge in [0.1, 0.15) is 16.1 Å². The van der Waals surface area contributed by atoms with Gasteiger partial charge in [0.05, 0.1) is 25.0 Å². The zero-order chi connectivity index (χ0) is 13.8. The van der Waals surface area contributed by atoms with Crippen LogP contribution >= 0.6 is 15.9 Å². The minimum Gasteiger partial charge on any atom is -0.507 e. The van der Waals surface area contributed by atoms with Crippen molar-refractivity contribution < 1.29 is 9.84 Å². The highest BCUT2D eigenvalue weighted by atomic mass is 79.9. The zero-order valence-corrected chi connectivity index (χ0v) is 12.3. The highest BCUT2D eigenvalue weighted by Crippen LogP contribution is 2.30. The number of hydrogen-bond donors (Lipinski definition) is 2. The molecule has 0 amide bonds. The molecule has 1 heterocycles. The fraction of sp³-hybridized carbons (Fsp3) is 0.214. The van der Waals surface area contributed by atoms with Crippen molar-refractivity contribution in [1.82, 2.24) is 4.98 Å². The number of phenols is 1. The first kappa shape index (κ1) is 13.7. The molecule has 0 fully saturated rings. The molecular weight excluding hydrogens is 308 g/mol. The Morgan fingerprint density at radius 1 is 1.32 bits per heavy atom. The average Bonchev–Trinajstić information content (AvgIpc) is 2.41. The van der Waals surface area contributed by atoms with Crippen LogP contribution in [0.2, 0.25) is 0 Å². The average molecular weight is 323 g/mol. The van der Waals surface area contributed by atoms with Gasteiger partial charge < -0.3 is 15.2 Å². The van der Waals surface area contributed by atoms with Gasteiger partial charge in [-0.25, -0.2) is 4.98 Å². The number of rotatable bonds is 4. The largest absolute Gasteiger partial charge is 0.507 e. The van der Waals surface area contributed by atoms with E-state index in [9.17, 15) is 5.11 Å².